The highest BCUT2D eigenvalue weighted by molar-refractivity contribution is 5.80. The van der Waals surface area contributed by atoms with Crippen molar-refractivity contribution in [1.29, 1.82) is 0 Å². The molecule has 0 saturated carbocycles. The molecule has 0 aliphatic carbocycles. The number of carbonyl (C=O) groups excluding carboxylic acids is 1. The van der Waals surface area contributed by atoms with Gasteiger partial charge in [0.2, 0.25) is 0 Å². The Hall–Kier alpha value is -0.860. The first-order valence-corrected chi connectivity index (χ1v) is 6.61. The minimum Gasteiger partial charge on any atom is -0.465 e. The number of alkyl halides is 3. The number of ether oxygens (including phenoxy) is 1. The van der Waals surface area contributed by atoms with Crippen molar-refractivity contribution in [1.82, 2.24) is 9.80 Å². The normalized spacial score (nSPS) is 21.5. The summed E-state index contributed by atoms with van der Waals surface area (Å²) >= 11 is 0. The minimum absolute atomic E-state index is 0.255. The molecule has 1 fully saturated rings. The molecule has 0 radical (unpaired) electrons. The molecule has 0 spiro atoms. The summed E-state index contributed by atoms with van der Waals surface area (Å²) in [5, 5.41) is 0. The van der Waals surface area contributed by atoms with Gasteiger partial charge in [-0.15, -0.1) is 0 Å². The maximum atomic E-state index is 12.3. The van der Waals surface area contributed by atoms with Crippen LogP contribution in [-0.2, 0) is 9.53 Å². The lowest BCUT2D eigenvalue weighted by atomic mass is 10.0. The summed E-state index contributed by atoms with van der Waals surface area (Å²) in [6.45, 7) is 4.48. The summed E-state index contributed by atoms with van der Waals surface area (Å²) in [4.78, 5) is 14.9. The van der Waals surface area contributed by atoms with E-state index in [1.165, 1.54) is 4.90 Å². The molecule has 1 aliphatic rings. The second-order valence-corrected chi connectivity index (χ2v) is 5.31. The van der Waals surface area contributed by atoms with E-state index in [1.54, 1.807) is 13.8 Å². The van der Waals surface area contributed by atoms with Gasteiger partial charge in [-0.25, -0.2) is 0 Å². The Morgan fingerprint density at radius 1 is 1.15 bits per heavy atom. The van der Waals surface area contributed by atoms with E-state index < -0.39 is 24.2 Å². The number of piperazine rings is 1. The fourth-order valence-corrected chi connectivity index (χ4v) is 2.18. The molecule has 20 heavy (non-hydrogen) atoms. The second-order valence-electron chi connectivity index (χ2n) is 5.31. The predicted octanol–water partition coefficient (Wildman–Crippen LogP) is 0.447. The molecule has 0 aromatic carbocycles. The van der Waals surface area contributed by atoms with Crippen LogP contribution in [-0.4, -0.2) is 73.4 Å². The fraction of sp³-hybridized carbons (Fsp3) is 0.917. The maximum absolute atomic E-state index is 12.3. The van der Waals surface area contributed by atoms with Gasteiger partial charge in [-0.3, -0.25) is 14.6 Å². The van der Waals surface area contributed by atoms with E-state index >= 15 is 0 Å². The molecule has 1 rings (SSSR count). The van der Waals surface area contributed by atoms with Crippen LogP contribution in [0.2, 0.25) is 0 Å². The van der Waals surface area contributed by atoms with Crippen LogP contribution < -0.4 is 5.73 Å². The SMILES string of the molecule is CCOC(=O)C(C)(N)CN1CCN(CC(F)(F)F)CC1. The van der Waals surface area contributed by atoms with Crippen LogP contribution in [0, 0.1) is 0 Å². The molecule has 2 N–H and O–H groups in total. The van der Waals surface area contributed by atoms with Gasteiger partial charge in [-0.05, 0) is 13.8 Å². The highest BCUT2D eigenvalue weighted by Crippen LogP contribution is 2.18. The number of carbonyl (C=O) groups is 1. The monoisotopic (exact) mass is 297 g/mol. The van der Waals surface area contributed by atoms with Crippen molar-refractivity contribution in [2.45, 2.75) is 25.6 Å². The van der Waals surface area contributed by atoms with Crippen molar-refractivity contribution in [3.63, 3.8) is 0 Å². The van der Waals surface area contributed by atoms with Gasteiger partial charge in [-0.1, -0.05) is 0 Å². The lowest BCUT2D eigenvalue weighted by Crippen LogP contribution is -2.58. The summed E-state index contributed by atoms with van der Waals surface area (Å²) in [6, 6.07) is 0. The van der Waals surface area contributed by atoms with E-state index in [1.807, 2.05) is 4.90 Å². The van der Waals surface area contributed by atoms with Gasteiger partial charge < -0.3 is 10.5 Å². The van der Waals surface area contributed by atoms with Gasteiger partial charge in [0.25, 0.3) is 0 Å². The Bertz CT molecular complexity index is 326. The van der Waals surface area contributed by atoms with E-state index in [2.05, 4.69) is 0 Å². The van der Waals surface area contributed by atoms with Crippen molar-refractivity contribution in [2.24, 2.45) is 5.73 Å². The summed E-state index contributed by atoms with van der Waals surface area (Å²) < 4.78 is 41.7. The minimum atomic E-state index is -4.17. The van der Waals surface area contributed by atoms with Crippen LogP contribution in [0.4, 0.5) is 13.2 Å². The topological polar surface area (TPSA) is 58.8 Å². The van der Waals surface area contributed by atoms with Gasteiger partial charge in [0, 0.05) is 32.7 Å². The predicted molar refractivity (Wildman–Crippen MR) is 68.2 cm³/mol. The molecule has 1 aliphatic heterocycles. The third kappa shape index (κ3) is 5.64. The van der Waals surface area contributed by atoms with Crippen LogP contribution in [0.3, 0.4) is 0 Å². The zero-order chi connectivity index (χ0) is 15.4. The molecule has 1 saturated heterocycles. The molecule has 118 valence electrons. The second kappa shape index (κ2) is 6.73. The van der Waals surface area contributed by atoms with Crippen molar-refractivity contribution in [3.05, 3.63) is 0 Å². The Kier molecular flexibility index (Phi) is 5.79. The summed E-state index contributed by atoms with van der Waals surface area (Å²) in [6.07, 6.45) is -4.17. The molecular weight excluding hydrogens is 275 g/mol. The maximum Gasteiger partial charge on any atom is 0.401 e. The van der Waals surface area contributed by atoms with Gasteiger partial charge in [0.1, 0.15) is 5.54 Å². The first-order valence-electron chi connectivity index (χ1n) is 6.61. The van der Waals surface area contributed by atoms with Crippen LogP contribution >= 0.6 is 0 Å². The van der Waals surface area contributed by atoms with Crippen molar-refractivity contribution in [2.75, 3.05) is 45.9 Å². The number of hydrogen-bond acceptors (Lipinski definition) is 5. The molecule has 1 unspecified atom stereocenters. The number of esters is 1. The average molecular weight is 297 g/mol. The number of rotatable bonds is 5. The fourth-order valence-electron chi connectivity index (χ4n) is 2.18. The Morgan fingerprint density at radius 3 is 2.00 bits per heavy atom. The van der Waals surface area contributed by atoms with Gasteiger partial charge in [0.15, 0.2) is 0 Å². The molecule has 1 atom stereocenters. The number of hydrogen-bond donors (Lipinski definition) is 1. The zero-order valence-corrected chi connectivity index (χ0v) is 11.9. The third-order valence-corrected chi connectivity index (χ3v) is 3.16. The summed E-state index contributed by atoms with van der Waals surface area (Å²) in [5.41, 5.74) is 4.77. The summed E-state index contributed by atoms with van der Waals surface area (Å²) in [5.74, 6) is -0.488. The van der Waals surface area contributed by atoms with Crippen molar-refractivity contribution >= 4 is 5.97 Å². The van der Waals surface area contributed by atoms with Gasteiger partial charge >= 0.3 is 12.1 Å². The molecule has 1 heterocycles. The highest BCUT2D eigenvalue weighted by Gasteiger charge is 2.35. The molecule has 5 nitrogen and oxygen atoms in total. The number of nitrogens with zero attached hydrogens (tertiary/aromatic N) is 2. The lowest BCUT2D eigenvalue weighted by Gasteiger charge is -2.38. The van der Waals surface area contributed by atoms with Crippen LogP contribution in [0.25, 0.3) is 0 Å². The van der Waals surface area contributed by atoms with E-state index in [0.717, 1.165) is 0 Å². The molecule has 0 aromatic heterocycles. The largest absolute Gasteiger partial charge is 0.465 e. The average Bonchev–Trinajstić information content (AvgIpc) is 2.30. The van der Waals surface area contributed by atoms with Gasteiger partial charge in [-0.2, -0.15) is 13.2 Å². The molecule has 0 bridgehead atoms. The van der Waals surface area contributed by atoms with Gasteiger partial charge in [0.05, 0.1) is 13.2 Å². The standard InChI is InChI=1S/C12H22F3N3O2/c1-3-20-10(19)11(2,16)8-17-4-6-18(7-5-17)9-12(13,14)15/h3-9,16H2,1-2H3. The van der Waals surface area contributed by atoms with E-state index in [-0.39, 0.29) is 13.2 Å². The lowest BCUT2D eigenvalue weighted by molar-refractivity contribution is -0.151. The Morgan fingerprint density at radius 2 is 1.60 bits per heavy atom. The Labute approximate surface area is 116 Å². The van der Waals surface area contributed by atoms with Crippen LogP contribution in [0.5, 0.6) is 0 Å². The smallest absolute Gasteiger partial charge is 0.401 e. The van der Waals surface area contributed by atoms with Crippen molar-refractivity contribution in [3.8, 4) is 0 Å². The van der Waals surface area contributed by atoms with E-state index in [9.17, 15) is 18.0 Å². The quantitative estimate of drug-likeness (QED) is 0.747. The first-order chi connectivity index (χ1) is 9.14. The van der Waals surface area contributed by atoms with Crippen LogP contribution in [0.15, 0.2) is 0 Å². The van der Waals surface area contributed by atoms with E-state index in [0.29, 0.717) is 26.2 Å². The number of nitrogens with two attached hydrogens (primary N) is 1. The Balaban J connectivity index is 2.40. The molecule has 0 aromatic rings. The highest BCUT2D eigenvalue weighted by atomic mass is 19.4. The van der Waals surface area contributed by atoms with E-state index in [4.69, 9.17) is 10.5 Å². The van der Waals surface area contributed by atoms with Crippen molar-refractivity contribution < 1.29 is 22.7 Å². The first kappa shape index (κ1) is 17.2. The molecule has 0 amide bonds. The molecule has 8 heteroatoms. The van der Waals surface area contributed by atoms with Crippen LogP contribution in [0.1, 0.15) is 13.8 Å². The number of halogens is 3. The zero-order valence-electron chi connectivity index (χ0n) is 11.9. The summed E-state index contributed by atoms with van der Waals surface area (Å²) in [7, 11) is 0. The third-order valence-electron chi connectivity index (χ3n) is 3.16. The molecular formula is C12H22F3N3O2.